The second-order valence-electron chi connectivity index (χ2n) is 5.83. The maximum atomic E-state index is 11.7. The van der Waals surface area contributed by atoms with Crippen LogP contribution < -0.4 is 5.73 Å². The molecule has 2 N–H and O–H groups in total. The van der Waals surface area contributed by atoms with Gasteiger partial charge in [0.15, 0.2) is 0 Å². The number of hydrogen-bond acceptors (Lipinski definition) is 4. The molecule has 1 fully saturated rings. The fourth-order valence-corrected chi connectivity index (χ4v) is 4.01. The first-order valence-electron chi connectivity index (χ1n) is 7.65. The van der Waals surface area contributed by atoms with Crippen LogP contribution in [-0.2, 0) is 29.4 Å². The Morgan fingerprint density at radius 2 is 2.05 bits per heavy atom. The molecule has 21 heavy (non-hydrogen) atoms. The van der Waals surface area contributed by atoms with Crippen LogP contribution in [0, 0.1) is 5.92 Å². The summed E-state index contributed by atoms with van der Waals surface area (Å²) in [5.74, 6) is 0.308. The van der Waals surface area contributed by atoms with Gasteiger partial charge < -0.3 is 5.73 Å². The quantitative estimate of drug-likeness (QED) is 0.887. The Bertz CT molecular complexity index is 594. The molecule has 1 aromatic heterocycles. The number of nitrogens with two attached hydrogens (primary N) is 1. The van der Waals surface area contributed by atoms with Crippen molar-refractivity contribution in [1.29, 1.82) is 0 Å². The molecule has 0 aromatic carbocycles. The van der Waals surface area contributed by atoms with Gasteiger partial charge in [-0.05, 0) is 31.6 Å². The Balaban J connectivity index is 2.15. The van der Waals surface area contributed by atoms with E-state index in [2.05, 4.69) is 18.9 Å². The molecule has 2 heterocycles. The number of hydrogen-bond donors (Lipinski definition) is 1. The number of rotatable bonds is 5. The van der Waals surface area contributed by atoms with Gasteiger partial charge in [0, 0.05) is 19.6 Å². The summed E-state index contributed by atoms with van der Waals surface area (Å²) >= 11 is 0. The summed E-state index contributed by atoms with van der Waals surface area (Å²) in [5, 5.41) is 4.60. The molecule has 1 atom stereocenters. The maximum absolute atomic E-state index is 11.7. The van der Waals surface area contributed by atoms with Gasteiger partial charge in [0.05, 0.1) is 23.3 Å². The van der Waals surface area contributed by atoms with E-state index in [1.54, 1.807) is 4.31 Å². The van der Waals surface area contributed by atoms with Crippen LogP contribution in [-0.4, -0.2) is 41.8 Å². The fraction of sp³-hybridized carbons (Fsp3) is 0.786. The molecule has 6 nitrogen and oxygen atoms in total. The minimum absolute atomic E-state index is 0.308. The number of sulfonamides is 1. The van der Waals surface area contributed by atoms with E-state index in [9.17, 15) is 8.42 Å². The SMILES string of the molecule is CCc1nn(CC2CCCN(S(C)(=O)=O)C2)c(CC)c1N. The highest BCUT2D eigenvalue weighted by molar-refractivity contribution is 7.88. The van der Waals surface area contributed by atoms with Crippen molar-refractivity contribution in [2.24, 2.45) is 5.92 Å². The van der Waals surface area contributed by atoms with Crippen LogP contribution in [0.5, 0.6) is 0 Å². The smallest absolute Gasteiger partial charge is 0.211 e. The molecular weight excluding hydrogens is 288 g/mol. The van der Waals surface area contributed by atoms with E-state index in [0.29, 0.717) is 19.0 Å². The van der Waals surface area contributed by atoms with Crippen LogP contribution in [0.1, 0.15) is 38.1 Å². The summed E-state index contributed by atoms with van der Waals surface area (Å²) in [4.78, 5) is 0. The van der Waals surface area contributed by atoms with Gasteiger partial charge in [0.1, 0.15) is 0 Å². The van der Waals surface area contributed by atoms with Crippen LogP contribution >= 0.6 is 0 Å². The zero-order valence-corrected chi connectivity index (χ0v) is 14.0. The molecule has 1 saturated heterocycles. The minimum atomic E-state index is -3.10. The molecule has 2 rings (SSSR count). The lowest BCUT2D eigenvalue weighted by Gasteiger charge is -2.31. The monoisotopic (exact) mass is 314 g/mol. The number of aryl methyl sites for hydroxylation is 1. The van der Waals surface area contributed by atoms with E-state index < -0.39 is 10.0 Å². The van der Waals surface area contributed by atoms with Crippen molar-refractivity contribution in [2.45, 2.75) is 46.1 Å². The molecule has 0 radical (unpaired) electrons. The number of anilines is 1. The van der Waals surface area contributed by atoms with Crippen LogP contribution in [0.4, 0.5) is 5.69 Å². The first-order valence-corrected chi connectivity index (χ1v) is 9.50. The topological polar surface area (TPSA) is 81.2 Å². The molecule has 120 valence electrons. The summed E-state index contributed by atoms with van der Waals surface area (Å²) in [6, 6.07) is 0. The standard InChI is InChI=1S/C14H26N4O2S/c1-4-12-14(15)13(5-2)18(16-12)10-11-7-6-8-17(9-11)21(3,19)20/h11H,4-10,15H2,1-3H3. The first-order chi connectivity index (χ1) is 9.86. The highest BCUT2D eigenvalue weighted by Gasteiger charge is 2.27. The molecule has 0 spiro atoms. The van der Waals surface area contributed by atoms with E-state index in [-0.39, 0.29) is 0 Å². The molecule has 1 aliphatic rings. The summed E-state index contributed by atoms with van der Waals surface area (Å²) < 4.78 is 27.0. The highest BCUT2D eigenvalue weighted by Crippen LogP contribution is 2.24. The van der Waals surface area contributed by atoms with Crippen molar-refractivity contribution < 1.29 is 8.42 Å². The Kier molecular flexibility index (Phi) is 4.93. The number of nitrogens with zero attached hydrogens (tertiary/aromatic N) is 3. The van der Waals surface area contributed by atoms with Crippen molar-refractivity contribution in [2.75, 3.05) is 25.1 Å². The Hall–Kier alpha value is -1.08. The van der Waals surface area contributed by atoms with Gasteiger partial charge in [-0.3, -0.25) is 4.68 Å². The van der Waals surface area contributed by atoms with Crippen LogP contribution in [0.15, 0.2) is 0 Å². The zero-order chi connectivity index (χ0) is 15.6. The van der Waals surface area contributed by atoms with E-state index >= 15 is 0 Å². The average molecular weight is 314 g/mol. The summed E-state index contributed by atoms with van der Waals surface area (Å²) in [7, 11) is -3.10. The lowest BCUT2D eigenvalue weighted by molar-refractivity contribution is 0.239. The van der Waals surface area contributed by atoms with E-state index in [1.165, 1.54) is 6.26 Å². The molecule has 1 aromatic rings. The molecule has 1 aliphatic heterocycles. The third-order valence-corrected chi connectivity index (χ3v) is 5.50. The van der Waals surface area contributed by atoms with E-state index in [1.807, 2.05) is 4.68 Å². The lowest BCUT2D eigenvalue weighted by atomic mass is 9.99. The van der Waals surface area contributed by atoms with Gasteiger partial charge in [-0.2, -0.15) is 5.10 Å². The third kappa shape index (κ3) is 3.58. The molecule has 0 amide bonds. The number of piperidine rings is 1. The van der Waals surface area contributed by atoms with E-state index in [4.69, 9.17) is 5.73 Å². The number of nitrogen functional groups attached to an aromatic ring is 1. The van der Waals surface area contributed by atoms with Gasteiger partial charge >= 0.3 is 0 Å². The molecule has 0 saturated carbocycles. The third-order valence-electron chi connectivity index (χ3n) is 4.23. The van der Waals surface area contributed by atoms with Gasteiger partial charge in [0.2, 0.25) is 10.0 Å². The lowest BCUT2D eigenvalue weighted by Crippen LogP contribution is -2.40. The van der Waals surface area contributed by atoms with Crippen LogP contribution in [0.2, 0.25) is 0 Å². The summed E-state index contributed by atoms with van der Waals surface area (Å²) in [5.41, 5.74) is 8.96. The van der Waals surface area contributed by atoms with Crippen LogP contribution in [0.25, 0.3) is 0 Å². The van der Waals surface area contributed by atoms with Crippen molar-refractivity contribution in [1.82, 2.24) is 14.1 Å². The fourth-order valence-electron chi connectivity index (χ4n) is 3.07. The summed E-state index contributed by atoms with van der Waals surface area (Å²) in [6.07, 6.45) is 4.91. The van der Waals surface area contributed by atoms with Gasteiger partial charge in [-0.1, -0.05) is 13.8 Å². The minimum Gasteiger partial charge on any atom is -0.396 e. The van der Waals surface area contributed by atoms with Crippen molar-refractivity contribution >= 4 is 15.7 Å². The van der Waals surface area contributed by atoms with Gasteiger partial charge in [-0.15, -0.1) is 0 Å². The number of aromatic nitrogens is 2. The summed E-state index contributed by atoms with van der Waals surface area (Å²) in [6.45, 7) is 6.10. The predicted molar refractivity (Wildman–Crippen MR) is 84.5 cm³/mol. The zero-order valence-electron chi connectivity index (χ0n) is 13.2. The van der Waals surface area contributed by atoms with Crippen LogP contribution in [0.3, 0.4) is 0 Å². The normalized spacial score (nSPS) is 20.8. The first kappa shape index (κ1) is 16.3. The second kappa shape index (κ2) is 6.36. The largest absolute Gasteiger partial charge is 0.396 e. The highest BCUT2D eigenvalue weighted by atomic mass is 32.2. The molecule has 0 aliphatic carbocycles. The Labute approximate surface area is 127 Å². The Morgan fingerprint density at radius 1 is 1.33 bits per heavy atom. The van der Waals surface area contributed by atoms with Gasteiger partial charge in [0.25, 0.3) is 0 Å². The van der Waals surface area contributed by atoms with E-state index in [0.717, 1.165) is 49.3 Å². The predicted octanol–water partition coefficient (Wildman–Crippen LogP) is 1.26. The molecule has 7 heteroatoms. The molecule has 0 bridgehead atoms. The van der Waals surface area contributed by atoms with Crippen molar-refractivity contribution in [3.8, 4) is 0 Å². The average Bonchev–Trinajstić information content (AvgIpc) is 2.73. The second-order valence-corrected chi connectivity index (χ2v) is 7.81. The van der Waals surface area contributed by atoms with Gasteiger partial charge in [-0.25, -0.2) is 12.7 Å². The van der Waals surface area contributed by atoms with Crippen molar-refractivity contribution in [3.05, 3.63) is 11.4 Å². The molecular formula is C14H26N4O2S. The molecule has 1 unspecified atom stereocenters. The van der Waals surface area contributed by atoms with Crippen molar-refractivity contribution in [3.63, 3.8) is 0 Å². The Morgan fingerprint density at radius 3 is 2.62 bits per heavy atom. The maximum Gasteiger partial charge on any atom is 0.211 e.